The fourth-order valence-corrected chi connectivity index (χ4v) is 3.07. The van der Waals surface area contributed by atoms with Crippen LogP contribution in [-0.2, 0) is 9.59 Å². The Morgan fingerprint density at radius 1 is 1.27 bits per heavy atom. The van der Waals surface area contributed by atoms with Crippen LogP contribution in [0.25, 0.3) is 0 Å². The van der Waals surface area contributed by atoms with Gasteiger partial charge in [0.1, 0.15) is 6.04 Å². The second-order valence-corrected chi connectivity index (χ2v) is 6.94. The number of aryl methyl sites for hydroxylation is 1. The van der Waals surface area contributed by atoms with E-state index in [1.807, 2.05) is 26.0 Å². The van der Waals surface area contributed by atoms with Crippen LogP contribution < -0.4 is 5.32 Å². The Balaban J connectivity index is 2.30. The lowest BCUT2D eigenvalue weighted by Gasteiger charge is -2.16. The molecule has 1 unspecified atom stereocenters. The summed E-state index contributed by atoms with van der Waals surface area (Å²) < 4.78 is 0. The van der Waals surface area contributed by atoms with Crippen LogP contribution in [0.3, 0.4) is 0 Å². The number of nitrogens with one attached hydrogen (secondary N) is 1. The van der Waals surface area contributed by atoms with Gasteiger partial charge in [-0.25, -0.2) is 4.79 Å². The van der Waals surface area contributed by atoms with Crippen molar-refractivity contribution in [3.8, 4) is 0 Å². The zero-order valence-corrected chi connectivity index (χ0v) is 14.3. The van der Waals surface area contributed by atoms with Crippen molar-refractivity contribution in [3.05, 3.63) is 29.8 Å². The Morgan fingerprint density at radius 3 is 2.55 bits per heavy atom. The van der Waals surface area contributed by atoms with E-state index in [9.17, 15) is 9.59 Å². The highest BCUT2D eigenvalue weighted by Gasteiger charge is 2.20. The number of rotatable bonds is 9. The molecule has 0 radical (unpaired) electrons. The van der Waals surface area contributed by atoms with Gasteiger partial charge in [0.05, 0.1) is 0 Å². The number of hydrogen-bond acceptors (Lipinski definition) is 3. The Labute approximate surface area is 136 Å². The van der Waals surface area contributed by atoms with E-state index < -0.39 is 12.0 Å². The van der Waals surface area contributed by atoms with Crippen molar-refractivity contribution >= 4 is 23.6 Å². The second kappa shape index (κ2) is 9.51. The summed E-state index contributed by atoms with van der Waals surface area (Å²) >= 11 is 1.73. The van der Waals surface area contributed by atoms with E-state index in [1.54, 1.807) is 11.8 Å². The van der Waals surface area contributed by atoms with Crippen LogP contribution >= 0.6 is 11.8 Å². The first kappa shape index (κ1) is 18.6. The van der Waals surface area contributed by atoms with E-state index in [0.717, 1.165) is 12.2 Å². The van der Waals surface area contributed by atoms with Gasteiger partial charge in [-0.1, -0.05) is 32.0 Å². The third-order valence-corrected chi connectivity index (χ3v) is 4.50. The molecule has 0 bridgehead atoms. The monoisotopic (exact) mass is 323 g/mol. The predicted molar refractivity (Wildman–Crippen MR) is 90.2 cm³/mol. The summed E-state index contributed by atoms with van der Waals surface area (Å²) in [6.45, 7) is 5.96. The Hall–Kier alpha value is -1.49. The van der Waals surface area contributed by atoms with Gasteiger partial charge < -0.3 is 10.4 Å². The maximum atomic E-state index is 11.8. The van der Waals surface area contributed by atoms with Crippen molar-refractivity contribution < 1.29 is 14.7 Å². The van der Waals surface area contributed by atoms with Crippen molar-refractivity contribution in [2.75, 3.05) is 5.75 Å². The Bertz CT molecular complexity index is 502. The number of carboxylic acids is 1. The minimum absolute atomic E-state index is 0.182. The van der Waals surface area contributed by atoms with E-state index in [-0.39, 0.29) is 11.8 Å². The molecule has 1 aromatic carbocycles. The first-order valence-corrected chi connectivity index (χ1v) is 8.59. The van der Waals surface area contributed by atoms with Crippen molar-refractivity contribution in [1.82, 2.24) is 5.32 Å². The molecule has 0 aliphatic heterocycles. The molecule has 0 saturated carbocycles. The predicted octanol–water partition coefficient (Wildman–Crippen LogP) is 3.48. The Morgan fingerprint density at radius 2 is 1.95 bits per heavy atom. The first-order chi connectivity index (χ1) is 10.4. The molecule has 0 saturated heterocycles. The molecule has 2 N–H and O–H groups in total. The number of hydrogen-bond donors (Lipinski definition) is 2. The lowest BCUT2D eigenvalue weighted by molar-refractivity contribution is -0.142. The molecule has 0 heterocycles. The number of carboxylic acid groups (broad SMARTS) is 1. The van der Waals surface area contributed by atoms with Crippen LogP contribution in [-0.4, -0.2) is 28.8 Å². The molecule has 4 nitrogen and oxygen atoms in total. The van der Waals surface area contributed by atoms with Crippen LogP contribution in [0.4, 0.5) is 0 Å². The van der Waals surface area contributed by atoms with Crippen molar-refractivity contribution in [3.63, 3.8) is 0 Å². The van der Waals surface area contributed by atoms with E-state index >= 15 is 0 Å². The molecule has 1 atom stereocenters. The molecule has 0 spiro atoms. The summed E-state index contributed by atoms with van der Waals surface area (Å²) in [4.78, 5) is 24.2. The molecule has 1 aromatic rings. The highest BCUT2D eigenvalue weighted by molar-refractivity contribution is 7.99. The van der Waals surface area contributed by atoms with Gasteiger partial charge >= 0.3 is 5.97 Å². The van der Waals surface area contributed by atoms with Crippen LogP contribution in [0.2, 0.25) is 0 Å². The minimum Gasteiger partial charge on any atom is -0.480 e. The minimum atomic E-state index is -0.962. The largest absolute Gasteiger partial charge is 0.480 e. The molecular weight excluding hydrogens is 298 g/mol. The zero-order chi connectivity index (χ0) is 16.5. The average Bonchev–Trinajstić information content (AvgIpc) is 2.44. The van der Waals surface area contributed by atoms with Crippen molar-refractivity contribution in [2.45, 2.75) is 51.0 Å². The molecule has 1 amide bonds. The summed E-state index contributed by atoms with van der Waals surface area (Å²) in [7, 11) is 0. The maximum absolute atomic E-state index is 11.8. The zero-order valence-electron chi connectivity index (χ0n) is 13.5. The van der Waals surface area contributed by atoms with E-state index in [4.69, 9.17) is 5.11 Å². The quantitative estimate of drug-likeness (QED) is 0.539. The first-order valence-electron chi connectivity index (χ1n) is 7.60. The highest BCUT2D eigenvalue weighted by Crippen LogP contribution is 2.22. The smallest absolute Gasteiger partial charge is 0.326 e. The summed E-state index contributed by atoms with van der Waals surface area (Å²) in [5.74, 6) is -0.0620. The molecule has 0 fully saturated rings. The fraction of sp³-hybridized carbons (Fsp3) is 0.529. The van der Waals surface area contributed by atoms with Gasteiger partial charge in [-0.05, 0) is 43.1 Å². The number of aliphatic carboxylic acids is 1. The Kier molecular flexibility index (Phi) is 8.02. The van der Waals surface area contributed by atoms with Crippen LogP contribution in [0, 0.1) is 12.8 Å². The number of benzene rings is 1. The van der Waals surface area contributed by atoms with Crippen molar-refractivity contribution in [2.24, 2.45) is 5.92 Å². The van der Waals surface area contributed by atoms with Gasteiger partial charge in [0.15, 0.2) is 0 Å². The molecule has 0 aliphatic rings. The van der Waals surface area contributed by atoms with Gasteiger partial charge in [-0.15, -0.1) is 11.8 Å². The van der Waals surface area contributed by atoms with E-state index in [0.29, 0.717) is 12.8 Å². The van der Waals surface area contributed by atoms with Crippen LogP contribution in [0.5, 0.6) is 0 Å². The van der Waals surface area contributed by atoms with Gasteiger partial charge in [-0.2, -0.15) is 0 Å². The molecule has 22 heavy (non-hydrogen) atoms. The number of thioether (sulfide) groups is 1. The maximum Gasteiger partial charge on any atom is 0.326 e. The number of amides is 1. The van der Waals surface area contributed by atoms with Crippen LogP contribution in [0.15, 0.2) is 29.2 Å². The second-order valence-electron chi connectivity index (χ2n) is 5.81. The van der Waals surface area contributed by atoms with Gasteiger partial charge in [0.2, 0.25) is 5.91 Å². The summed E-state index contributed by atoms with van der Waals surface area (Å²) in [6.07, 6.45) is 1.55. The van der Waals surface area contributed by atoms with Crippen LogP contribution in [0.1, 0.15) is 38.7 Å². The molecule has 5 heteroatoms. The SMILES string of the molecule is Cc1ccccc1SCCCC(=O)NC(CC(C)C)C(=O)O. The summed E-state index contributed by atoms with van der Waals surface area (Å²) in [5.41, 5.74) is 1.24. The average molecular weight is 323 g/mol. The van der Waals surface area contributed by atoms with E-state index in [1.165, 1.54) is 10.5 Å². The fourth-order valence-electron chi connectivity index (χ4n) is 2.09. The topological polar surface area (TPSA) is 66.4 Å². The third kappa shape index (κ3) is 6.98. The van der Waals surface area contributed by atoms with E-state index in [2.05, 4.69) is 24.4 Å². The van der Waals surface area contributed by atoms with Gasteiger partial charge in [0.25, 0.3) is 0 Å². The van der Waals surface area contributed by atoms with Crippen molar-refractivity contribution in [1.29, 1.82) is 0 Å². The lowest BCUT2D eigenvalue weighted by Crippen LogP contribution is -2.41. The highest BCUT2D eigenvalue weighted by atomic mass is 32.2. The molecular formula is C17H25NO3S. The normalized spacial score (nSPS) is 12.2. The summed E-state index contributed by atoms with van der Waals surface area (Å²) in [5, 5.41) is 11.7. The molecule has 0 aromatic heterocycles. The molecule has 1 rings (SSSR count). The van der Waals surface area contributed by atoms with Gasteiger partial charge in [-0.3, -0.25) is 4.79 Å². The standard InChI is InChI=1S/C17H25NO3S/c1-12(2)11-14(17(20)21)18-16(19)9-6-10-22-15-8-5-4-7-13(15)3/h4-5,7-8,12,14H,6,9-11H2,1-3H3,(H,18,19)(H,20,21). The number of carbonyl (C=O) groups is 2. The third-order valence-electron chi connectivity index (χ3n) is 3.24. The lowest BCUT2D eigenvalue weighted by atomic mass is 10.0. The summed E-state index contributed by atoms with van der Waals surface area (Å²) in [6, 6.07) is 7.37. The number of carbonyl (C=O) groups excluding carboxylic acids is 1. The molecule has 122 valence electrons. The molecule has 0 aliphatic carbocycles. The van der Waals surface area contributed by atoms with Gasteiger partial charge in [0, 0.05) is 11.3 Å².